The lowest BCUT2D eigenvalue weighted by Gasteiger charge is -2.12. The van der Waals surface area contributed by atoms with Crippen LogP contribution in [0, 0.1) is 6.92 Å². The molecule has 0 heterocycles. The van der Waals surface area contributed by atoms with Crippen LogP contribution in [0.4, 0.5) is 0 Å². The van der Waals surface area contributed by atoms with E-state index in [0.29, 0.717) is 30.0 Å². The van der Waals surface area contributed by atoms with E-state index in [4.69, 9.17) is 9.47 Å². The van der Waals surface area contributed by atoms with Crippen LogP contribution in [0.3, 0.4) is 0 Å². The van der Waals surface area contributed by atoms with Gasteiger partial charge in [0.1, 0.15) is 11.5 Å². The third-order valence-electron chi connectivity index (χ3n) is 4.01. The molecule has 2 N–H and O–H groups in total. The number of amides is 1. The summed E-state index contributed by atoms with van der Waals surface area (Å²) in [5.41, 5.74) is 1.51. The molecule has 0 unspecified atom stereocenters. The predicted molar refractivity (Wildman–Crippen MR) is 103 cm³/mol. The number of rotatable bonds is 9. The Morgan fingerprint density at radius 2 is 1.81 bits per heavy atom. The largest absolute Gasteiger partial charge is 0.497 e. The molecule has 2 aromatic carbocycles. The molecule has 0 aliphatic rings. The Morgan fingerprint density at radius 1 is 1.07 bits per heavy atom. The molecule has 0 fully saturated rings. The van der Waals surface area contributed by atoms with Crippen molar-refractivity contribution >= 4 is 15.9 Å². The predicted octanol–water partition coefficient (Wildman–Crippen LogP) is 1.65. The normalized spacial score (nSPS) is 11.1. The number of carbonyl (C=O) groups is 1. The molecule has 8 heteroatoms. The van der Waals surface area contributed by atoms with Gasteiger partial charge in [-0.3, -0.25) is 4.79 Å². The molecule has 0 bridgehead atoms. The fourth-order valence-corrected chi connectivity index (χ4v) is 3.80. The van der Waals surface area contributed by atoms with Crippen LogP contribution in [-0.4, -0.2) is 41.6 Å². The maximum atomic E-state index is 12.3. The van der Waals surface area contributed by atoms with E-state index in [1.54, 1.807) is 51.5 Å². The third-order valence-corrected chi connectivity index (χ3v) is 5.57. The van der Waals surface area contributed by atoms with Gasteiger partial charge in [-0.15, -0.1) is 0 Å². The molecule has 2 aromatic rings. The van der Waals surface area contributed by atoms with Crippen molar-refractivity contribution in [3.8, 4) is 11.5 Å². The number of nitrogens with one attached hydrogen (secondary N) is 2. The van der Waals surface area contributed by atoms with E-state index in [1.165, 1.54) is 6.07 Å². The monoisotopic (exact) mass is 392 g/mol. The van der Waals surface area contributed by atoms with Crippen LogP contribution >= 0.6 is 0 Å². The Kier molecular flexibility index (Phi) is 7.20. The van der Waals surface area contributed by atoms with Crippen molar-refractivity contribution in [1.29, 1.82) is 0 Å². The number of carbonyl (C=O) groups excluding carboxylic acids is 1. The lowest BCUT2D eigenvalue weighted by Crippen LogP contribution is -2.37. The minimum absolute atomic E-state index is 0.166. The first kappa shape index (κ1) is 20.7. The third kappa shape index (κ3) is 5.70. The smallest absolute Gasteiger partial charge is 0.241 e. The van der Waals surface area contributed by atoms with Gasteiger partial charge in [-0.2, -0.15) is 0 Å². The van der Waals surface area contributed by atoms with Crippen LogP contribution in [0.15, 0.2) is 47.4 Å². The molecule has 0 aromatic heterocycles. The van der Waals surface area contributed by atoms with Crippen molar-refractivity contribution in [1.82, 2.24) is 10.0 Å². The van der Waals surface area contributed by atoms with E-state index >= 15 is 0 Å². The van der Waals surface area contributed by atoms with Crippen LogP contribution in [0.25, 0.3) is 0 Å². The zero-order valence-electron chi connectivity index (χ0n) is 15.6. The maximum Gasteiger partial charge on any atom is 0.241 e. The molecule has 0 atom stereocenters. The number of hydrogen-bond donors (Lipinski definition) is 2. The second-order valence-electron chi connectivity index (χ2n) is 5.87. The Labute approximate surface area is 159 Å². The van der Waals surface area contributed by atoms with Crippen LogP contribution < -0.4 is 19.5 Å². The number of sulfonamides is 1. The molecule has 0 spiro atoms. The quantitative estimate of drug-likeness (QED) is 0.677. The van der Waals surface area contributed by atoms with Gasteiger partial charge in [-0.05, 0) is 48.7 Å². The van der Waals surface area contributed by atoms with Crippen molar-refractivity contribution in [2.24, 2.45) is 0 Å². The number of benzene rings is 2. The highest BCUT2D eigenvalue weighted by molar-refractivity contribution is 7.89. The van der Waals surface area contributed by atoms with E-state index in [0.717, 1.165) is 5.56 Å². The van der Waals surface area contributed by atoms with Crippen molar-refractivity contribution in [3.63, 3.8) is 0 Å². The summed E-state index contributed by atoms with van der Waals surface area (Å²) >= 11 is 0. The summed E-state index contributed by atoms with van der Waals surface area (Å²) in [5.74, 6) is 0.988. The molecule has 0 saturated carbocycles. The van der Waals surface area contributed by atoms with E-state index < -0.39 is 15.9 Å². The van der Waals surface area contributed by atoms with E-state index in [1.807, 2.05) is 6.07 Å². The topological polar surface area (TPSA) is 93.7 Å². The Hall–Kier alpha value is -2.58. The molecule has 2 rings (SSSR count). The van der Waals surface area contributed by atoms with Crippen LogP contribution in [0.1, 0.15) is 11.1 Å². The SMILES string of the molecule is COc1ccc(OC)c(CCNC(=O)CNS(=O)(=O)c2ccccc2C)c1. The molecule has 27 heavy (non-hydrogen) atoms. The first-order valence-corrected chi connectivity index (χ1v) is 9.88. The average molecular weight is 392 g/mol. The highest BCUT2D eigenvalue weighted by Gasteiger charge is 2.17. The molecule has 0 radical (unpaired) electrons. The lowest BCUT2D eigenvalue weighted by atomic mass is 10.1. The zero-order valence-corrected chi connectivity index (χ0v) is 16.4. The second-order valence-corrected chi connectivity index (χ2v) is 7.60. The minimum atomic E-state index is -3.73. The fourth-order valence-electron chi connectivity index (χ4n) is 2.57. The number of ether oxygens (including phenoxy) is 2. The van der Waals surface area contributed by atoms with Crippen LogP contribution in [-0.2, 0) is 21.2 Å². The summed E-state index contributed by atoms with van der Waals surface area (Å²) in [7, 11) is -0.579. The van der Waals surface area contributed by atoms with Crippen LogP contribution in [0.2, 0.25) is 0 Å². The van der Waals surface area contributed by atoms with Gasteiger partial charge in [-0.25, -0.2) is 13.1 Å². The molecule has 0 aliphatic heterocycles. The standard InChI is InChI=1S/C19H24N2O5S/c1-14-6-4-5-7-18(14)27(23,24)21-13-19(22)20-11-10-15-12-16(25-2)8-9-17(15)26-3/h4-9,12,21H,10-11,13H2,1-3H3,(H,20,22). The zero-order chi connectivity index (χ0) is 19.9. The number of aryl methyl sites for hydroxylation is 1. The lowest BCUT2D eigenvalue weighted by molar-refractivity contribution is -0.119. The molecule has 1 amide bonds. The van der Waals surface area contributed by atoms with Crippen molar-refractivity contribution in [2.75, 3.05) is 27.3 Å². The Balaban J connectivity index is 1.88. The second kappa shape index (κ2) is 9.38. The highest BCUT2D eigenvalue weighted by Crippen LogP contribution is 2.24. The number of hydrogen-bond acceptors (Lipinski definition) is 5. The average Bonchev–Trinajstić information content (AvgIpc) is 2.66. The van der Waals surface area contributed by atoms with E-state index in [2.05, 4.69) is 10.0 Å². The molecule has 0 saturated heterocycles. The summed E-state index contributed by atoms with van der Waals surface area (Å²) in [6, 6.07) is 12.0. The minimum Gasteiger partial charge on any atom is -0.497 e. The van der Waals surface area contributed by atoms with Gasteiger partial charge < -0.3 is 14.8 Å². The summed E-state index contributed by atoms with van der Waals surface area (Å²) in [4.78, 5) is 12.1. The van der Waals surface area contributed by atoms with Gasteiger partial charge in [0, 0.05) is 6.54 Å². The molecule has 7 nitrogen and oxygen atoms in total. The van der Waals surface area contributed by atoms with Gasteiger partial charge in [0.15, 0.2) is 0 Å². The summed E-state index contributed by atoms with van der Waals surface area (Å²) in [6.45, 7) is 1.72. The molecular formula is C19H24N2O5S. The summed E-state index contributed by atoms with van der Waals surface area (Å²) in [5, 5.41) is 2.70. The first-order chi connectivity index (χ1) is 12.9. The summed E-state index contributed by atoms with van der Waals surface area (Å²) < 4.78 is 37.4. The fraction of sp³-hybridized carbons (Fsp3) is 0.316. The summed E-state index contributed by atoms with van der Waals surface area (Å²) in [6.07, 6.45) is 0.524. The van der Waals surface area contributed by atoms with Crippen LogP contribution in [0.5, 0.6) is 11.5 Å². The van der Waals surface area contributed by atoms with E-state index in [9.17, 15) is 13.2 Å². The molecule has 146 valence electrons. The van der Waals surface area contributed by atoms with Crippen molar-refractivity contribution in [2.45, 2.75) is 18.2 Å². The van der Waals surface area contributed by atoms with Gasteiger partial charge in [0.05, 0.1) is 25.7 Å². The van der Waals surface area contributed by atoms with Crippen molar-refractivity contribution < 1.29 is 22.7 Å². The van der Waals surface area contributed by atoms with Gasteiger partial charge in [-0.1, -0.05) is 18.2 Å². The van der Waals surface area contributed by atoms with Gasteiger partial charge >= 0.3 is 0 Å². The van der Waals surface area contributed by atoms with Gasteiger partial charge in [0.2, 0.25) is 15.9 Å². The first-order valence-electron chi connectivity index (χ1n) is 8.40. The molecule has 0 aliphatic carbocycles. The number of methoxy groups -OCH3 is 2. The van der Waals surface area contributed by atoms with E-state index in [-0.39, 0.29) is 11.4 Å². The molecular weight excluding hydrogens is 368 g/mol. The maximum absolute atomic E-state index is 12.3. The van der Waals surface area contributed by atoms with Gasteiger partial charge in [0.25, 0.3) is 0 Å². The van der Waals surface area contributed by atoms with Crippen molar-refractivity contribution in [3.05, 3.63) is 53.6 Å². The Morgan fingerprint density at radius 3 is 2.48 bits per heavy atom. The Bertz CT molecular complexity index is 897. The highest BCUT2D eigenvalue weighted by atomic mass is 32.2.